The summed E-state index contributed by atoms with van der Waals surface area (Å²) < 4.78 is 11.7. The van der Waals surface area contributed by atoms with Crippen LogP contribution in [0, 0.1) is 11.8 Å². The third kappa shape index (κ3) is 3.77. The summed E-state index contributed by atoms with van der Waals surface area (Å²) in [4.78, 5) is 43.6. The van der Waals surface area contributed by atoms with Gasteiger partial charge in [-0.05, 0) is 44.5 Å². The van der Waals surface area contributed by atoms with Crippen LogP contribution in [0.5, 0.6) is 0 Å². The molecule has 10 heteroatoms. The van der Waals surface area contributed by atoms with E-state index in [1.165, 1.54) is 9.80 Å². The Kier molecular flexibility index (Phi) is 7.11. The number of carbonyl (C=O) groups excluding carboxylic acids is 3. The van der Waals surface area contributed by atoms with Gasteiger partial charge in [0.05, 0.1) is 37.2 Å². The van der Waals surface area contributed by atoms with E-state index < -0.39 is 41.6 Å². The van der Waals surface area contributed by atoms with Crippen molar-refractivity contribution in [2.24, 2.45) is 11.8 Å². The van der Waals surface area contributed by atoms with Crippen molar-refractivity contribution >= 4 is 51.0 Å². The zero-order valence-electron chi connectivity index (χ0n) is 19.0. The first-order chi connectivity index (χ1) is 16.2. The molecule has 8 nitrogen and oxygen atoms in total. The minimum atomic E-state index is -1.22. The fourth-order valence-corrected chi connectivity index (χ4v) is 6.71. The molecule has 3 aliphatic heterocycles. The predicted octanol–water partition coefficient (Wildman–Crippen LogP) is 2.55. The molecule has 34 heavy (non-hydrogen) atoms. The Bertz CT molecular complexity index is 990. The zero-order valence-corrected chi connectivity index (χ0v) is 21.4. The summed E-state index contributed by atoms with van der Waals surface area (Å²) in [6.07, 6.45) is 1.38. The van der Waals surface area contributed by atoms with E-state index in [1.54, 1.807) is 44.2 Å². The summed E-state index contributed by atoms with van der Waals surface area (Å²) >= 11 is 9.65. The summed E-state index contributed by atoms with van der Waals surface area (Å²) in [5.41, 5.74) is -0.636. The Labute approximate surface area is 211 Å². The number of halogens is 2. The molecule has 184 valence electrons. The molecule has 1 N–H and O–H groups in total. The van der Waals surface area contributed by atoms with Gasteiger partial charge in [-0.1, -0.05) is 33.6 Å². The minimum Gasteiger partial charge on any atom is -0.466 e. The van der Waals surface area contributed by atoms with E-state index in [1.807, 2.05) is 0 Å². The van der Waals surface area contributed by atoms with E-state index in [0.29, 0.717) is 17.1 Å². The highest BCUT2D eigenvalue weighted by Gasteiger charge is 2.77. The average Bonchev–Trinajstić information content (AvgIpc) is 3.41. The van der Waals surface area contributed by atoms with Crippen LogP contribution < -0.4 is 4.90 Å². The molecule has 2 amide bonds. The number of esters is 1. The maximum absolute atomic E-state index is 14.2. The molecule has 7 atom stereocenters. The number of alkyl halides is 1. The third-order valence-electron chi connectivity index (χ3n) is 6.97. The Balaban J connectivity index is 1.81. The molecule has 3 heterocycles. The SMILES string of the molecule is C=CCN(C(=O)C1N([C@H](C)CO)C(=O)[C@@H]2[C@@H](C(=O)OCC)[C@@H]3OC12CC3Br)c1ccc(Cl)cc1. The summed E-state index contributed by atoms with van der Waals surface area (Å²) in [5.74, 6) is -2.97. The molecule has 1 aromatic carbocycles. The number of ether oxygens (including phenoxy) is 2. The van der Waals surface area contributed by atoms with Gasteiger partial charge in [0.1, 0.15) is 11.6 Å². The molecular weight excluding hydrogens is 528 g/mol. The number of amides is 2. The molecule has 1 aromatic rings. The molecule has 3 saturated heterocycles. The molecule has 3 fully saturated rings. The smallest absolute Gasteiger partial charge is 0.312 e. The Morgan fingerprint density at radius 3 is 2.71 bits per heavy atom. The van der Waals surface area contributed by atoms with Crippen molar-refractivity contribution in [1.82, 2.24) is 4.90 Å². The molecule has 0 aromatic heterocycles. The maximum Gasteiger partial charge on any atom is 0.312 e. The van der Waals surface area contributed by atoms with Gasteiger partial charge in [0.25, 0.3) is 5.91 Å². The van der Waals surface area contributed by atoms with Gasteiger partial charge < -0.3 is 24.4 Å². The number of likely N-dealkylation sites (tertiary alicyclic amines) is 1. The van der Waals surface area contributed by atoms with Crippen LogP contribution in [0.1, 0.15) is 20.3 Å². The molecule has 3 unspecified atom stereocenters. The molecule has 0 saturated carbocycles. The van der Waals surface area contributed by atoms with Crippen LogP contribution in [0.25, 0.3) is 0 Å². The highest BCUT2D eigenvalue weighted by molar-refractivity contribution is 9.09. The van der Waals surface area contributed by atoms with Crippen molar-refractivity contribution in [2.45, 2.75) is 48.9 Å². The van der Waals surface area contributed by atoms with E-state index in [9.17, 15) is 19.5 Å². The molecule has 0 aliphatic carbocycles. The van der Waals surface area contributed by atoms with Gasteiger partial charge in [0.2, 0.25) is 5.91 Å². The van der Waals surface area contributed by atoms with Crippen LogP contribution in [-0.4, -0.2) is 76.2 Å². The van der Waals surface area contributed by atoms with Gasteiger partial charge in [-0.3, -0.25) is 14.4 Å². The van der Waals surface area contributed by atoms with Gasteiger partial charge in [-0.25, -0.2) is 0 Å². The van der Waals surface area contributed by atoms with Crippen molar-refractivity contribution in [1.29, 1.82) is 0 Å². The van der Waals surface area contributed by atoms with Crippen LogP contribution in [-0.2, 0) is 23.9 Å². The van der Waals surface area contributed by atoms with E-state index in [-0.39, 0.29) is 36.4 Å². The number of hydrogen-bond acceptors (Lipinski definition) is 6. The Morgan fingerprint density at radius 2 is 2.12 bits per heavy atom. The van der Waals surface area contributed by atoms with Crippen LogP contribution in [0.2, 0.25) is 5.02 Å². The summed E-state index contributed by atoms with van der Waals surface area (Å²) in [6, 6.07) is 5.11. The minimum absolute atomic E-state index is 0.172. The number of benzene rings is 1. The van der Waals surface area contributed by atoms with Crippen LogP contribution in [0.4, 0.5) is 5.69 Å². The number of fused-ring (bicyclic) bond motifs is 1. The van der Waals surface area contributed by atoms with Gasteiger partial charge >= 0.3 is 5.97 Å². The van der Waals surface area contributed by atoms with Crippen molar-refractivity contribution in [3.05, 3.63) is 41.9 Å². The number of anilines is 1. The molecule has 4 rings (SSSR count). The summed E-state index contributed by atoms with van der Waals surface area (Å²) in [6.45, 7) is 7.18. The molecular formula is C24H28BrClN2O6. The number of carbonyl (C=O) groups is 3. The fraction of sp³-hybridized carbons (Fsp3) is 0.542. The van der Waals surface area contributed by atoms with Crippen LogP contribution >= 0.6 is 27.5 Å². The standard InChI is InChI=1S/C24H28BrClN2O6/c1-4-10-27(15-8-6-14(26)7-9-15)22(31)20-24-11-16(25)19(34-24)17(23(32)33-5-2)18(24)21(30)28(20)13(3)12-29/h4,6-9,13,16-20,29H,1,5,10-12H2,2-3H3/t13-,16?,17-,18+,19-,20?,24?/m1/s1. The second kappa shape index (κ2) is 9.60. The van der Waals surface area contributed by atoms with Crippen LogP contribution in [0.15, 0.2) is 36.9 Å². The number of aliphatic hydroxyl groups is 1. The lowest BCUT2D eigenvalue weighted by Gasteiger charge is -2.38. The van der Waals surface area contributed by atoms with Crippen molar-refractivity contribution in [2.75, 3.05) is 24.7 Å². The lowest BCUT2D eigenvalue weighted by atomic mass is 9.70. The maximum atomic E-state index is 14.2. The monoisotopic (exact) mass is 554 g/mol. The van der Waals surface area contributed by atoms with E-state index >= 15 is 0 Å². The summed E-state index contributed by atoms with van der Waals surface area (Å²) in [7, 11) is 0. The Hall–Kier alpha value is -1.94. The first-order valence-electron chi connectivity index (χ1n) is 11.3. The highest BCUT2D eigenvalue weighted by atomic mass is 79.9. The highest BCUT2D eigenvalue weighted by Crippen LogP contribution is 2.60. The van der Waals surface area contributed by atoms with Crippen LogP contribution in [0.3, 0.4) is 0 Å². The number of aliphatic hydroxyl groups excluding tert-OH is 1. The molecule has 2 bridgehead atoms. The van der Waals surface area contributed by atoms with E-state index in [2.05, 4.69) is 22.5 Å². The largest absolute Gasteiger partial charge is 0.466 e. The van der Waals surface area contributed by atoms with Gasteiger partial charge in [-0.15, -0.1) is 6.58 Å². The lowest BCUT2D eigenvalue weighted by molar-refractivity contribution is -0.155. The second-order valence-corrected chi connectivity index (χ2v) is 10.5. The fourth-order valence-electron chi connectivity index (χ4n) is 5.64. The second-order valence-electron chi connectivity index (χ2n) is 8.91. The van der Waals surface area contributed by atoms with Crippen molar-refractivity contribution < 1.29 is 29.0 Å². The van der Waals surface area contributed by atoms with Crippen molar-refractivity contribution in [3.63, 3.8) is 0 Å². The van der Waals surface area contributed by atoms with Gasteiger partial charge in [0.15, 0.2) is 0 Å². The summed E-state index contributed by atoms with van der Waals surface area (Å²) in [5, 5.41) is 10.5. The number of nitrogens with zero attached hydrogens (tertiary/aromatic N) is 2. The van der Waals surface area contributed by atoms with Crippen molar-refractivity contribution in [3.8, 4) is 0 Å². The third-order valence-corrected chi connectivity index (χ3v) is 8.07. The zero-order chi connectivity index (χ0) is 24.8. The Morgan fingerprint density at radius 1 is 1.44 bits per heavy atom. The first kappa shape index (κ1) is 25.2. The van der Waals surface area contributed by atoms with Gasteiger partial charge in [-0.2, -0.15) is 0 Å². The van der Waals surface area contributed by atoms with E-state index in [4.69, 9.17) is 21.1 Å². The average molecular weight is 556 g/mol. The number of rotatable bonds is 8. The predicted molar refractivity (Wildman–Crippen MR) is 130 cm³/mol. The molecule has 1 spiro atoms. The number of hydrogen-bond donors (Lipinski definition) is 1. The van der Waals surface area contributed by atoms with Gasteiger partial charge in [0, 0.05) is 22.1 Å². The topological polar surface area (TPSA) is 96.4 Å². The molecule has 3 aliphatic rings. The van der Waals surface area contributed by atoms with E-state index in [0.717, 1.165) is 0 Å². The first-order valence-corrected chi connectivity index (χ1v) is 12.6. The lowest BCUT2D eigenvalue weighted by Crippen LogP contribution is -2.58. The molecule has 0 radical (unpaired) electrons. The normalized spacial score (nSPS) is 32.4. The quantitative estimate of drug-likeness (QED) is 0.301.